The molecule has 0 aliphatic carbocycles. The first-order valence-corrected chi connectivity index (χ1v) is 20.5. The van der Waals surface area contributed by atoms with Crippen molar-refractivity contribution in [2.24, 2.45) is 10.2 Å². The Morgan fingerprint density at radius 1 is 0.554 bits per heavy atom. The fourth-order valence-electron chi connectivity index (χ4n) is 5.89. The van der Waals surface area contributed by atoms with Crippen LogP contribution in [0.5, 0.6) is 11.5 Å². The highest BCUT2D eigenvalue weighted by Gasteiger charge is 2.32. The first-order chi connectivity index (χ1) is 26.7. The molecule has 2 aliphatic rings. The molecule has 4 aromatic carbocycles. The van der Waals surface area contributed by atoms with E-state index in [-0.39, 0.29) is 34.8 Å². The van der Waals surface area contributed by atoms with Crippen molar-refractivity contribution >= 4 is 67.0 Å². The van der Waals surface area contributed by atoms with Gasteiger partial charge in [0.15, 0.2) is 0 Å². The number of ether oxygens (including phenoxy) is 2. The van der Waals surface area contributed by atoms with E-state index in [2.05, 4.69) is 10.2 Å². The van der Waals surface area contributed by atoms with Gasteiger partial charge >= 0.3 is 0 Å². The molecule has 0 aromatic heterocycles. The van der Waals surface area contributed by atoms with Crippen molar-refractivity contribution in [3.05, 3.63) is 119 Å². The Morgan fingerprint density at radius 2 is 0.893 bits per heavy atom. The fourth-order valence-corrected chi connectivity index (χ4v) is 6.85. The van der Waals surface area contributed by atoms with Crippen molar-refractivity contribution in [1.29, 1.82) is 0 Å². The molecule has 16 heteroatoms. The zero-order chi connectivity index (χ0) is 40.0. The average Bonchev–Trinajstić information content (AvgIpc) is 3.65. The molecule has 56 heavy (non-hydrogen) atoms. The van der Waals surface area contributed by atoms with Crippen LogP contribution in [0.15, 0.2) is 128 Å². The summed E-state index contributed by atoms with van der Waals surface area (Å²) in [5.74, 6) is 0.502. The number of nitrogens with zero attached hydrogens (tertiary/aromatic N) is 4. The molecule has 0 unspecified atom stereocenters. The molecule has 6 rings (SSSR count). The van der Waals surface area contributed by atoms with Gasteiger partial charge in [-0.3, -0.25) is 18.7 Å². The third kappa shape index (κ3) is 9.29. The molecular weight excluding hydrogens is 761 g/mol. The second-order valence-electron chi connectivity index (χ2n) is 12.7. The van der Waals surface area contributed by atoms with Crippen LogP contribution in [0.4, 0.5) is 11.4 Å². The Morgan fingerprint density at radius 3 is 1.20 bits per heavy atom. The number of hydrogen-bond acceptors (Lipinski definition) is 10. The number of anilines is 2. The zero-order valence-corrected chi connectivity index (χ0v) is 32.0. The highest BCUT2D eigenvalue weighted by atomic mass is 32.2. The van der Waals surface area contributed by atoms with Gasteiger partial charge in [0.2, 0.25) is 0 Å². The van der Waals surface area contributed by atoms with E-state index in [1.165, 1.54) is 58.5 Å². The van der Waals surface area contributed by atoms with Gasteiger partial charge < -0.3 is 9.47 Å². The molecule has 2 amide bonds. The molecule has 0 spiro atoms. The number of amides is 2. The van der Waals surface area contributed by atoms with Gasteiger partial charge in [0, 0.05) is 0 Å². The Labute approximate surface area is 324 Å². The quantitative estimate of drug-likeness (QED) is 0.0734. The molecule has 0 fully saturated rings. The van der Waals surface area contributed by atoms with Crippen LogP contribution in [0.1, 0.15) is 50.7 Å². The largest absolute Gasteiger partial charge is 0.490 e. The van der Waals surface area contributed by atoms with E-state index in [0.717, 1.165) is 24.0 Å². The van der Waals surface area contributed by atoms with Crippen LogP contribution in [0, 0.1) is 0 Å². The highest BCUT2D eigenvalue weighted by molar-refractivity contribution is 7.86. The Hall–Kier alpha value is -5.94. The molecule has 4 aromatic rings. The standard InChI is InChI=1S/C40H38N4O10S2/c1-3-5-37-35(39(45)43(41-37)29-11-19-33(20-12-29)55(47,48)49)25-27-7-15-31(16-8-27)53-23-24-54-32-17-9-28(10-18-32)26-36-38(6-4-2)42-44(40(36)46)30-13-21-34(22-14-30)56(50,51)52/h7-22,25-26H,3-6,23-24H2,1-2H3,(H,47,48,49)(H,50,51,52)/b35-25+,36-26+. The lowest BCUT2D eigenvalue weighted by molar-refractivity contribution is -0.115. The number of carbonyl (C=O) groups excluding carboxylic acids is 2. The van der Waals surface area contributed by atoms with Crippen LogP contribution >= 0.6 is 0 Å². The van der Waals surface area contributed by atoms with Crippen LogP contribution in [-0.2, 0) is 29.8 Å². The summed E-state index contributed by atoms with van der Waals surface area (Å²) in [5, 5.41) is 11.4. The third-order valence-electron chi connectivity index (χ3n) is 8.64. The highest BCUT2D eigenvalue weighted by Crippen LogP contribution is 2.30. The van der Waals surface area contributed by atoms with Gasteiger partial charge in [-0.05, 0) is 109 Å². The molecule has 2 N–H and O–H groups in total. The van der Waals surface area contributed by atoms with Crippen molar-refractivity contribution in [2.75, 3.05) is 23.2 Å². The zero-order valence-electron chi connectivity index (χ0n) is 30.4. The molecule has 14 nitrogen and oxygen atoms in total. The molecule has 0 saturated carbocycles. The summed E-state index contributed by atoms with van der Waals surface area (Å²) in [4.78, 5) is 26.2. The van der Waals surface area contributed by atoms with Crippen LogP contribution in [0.25, 0.3) is 12.2 Å². The number of hydrogen-bond donors (Lipinski definition) is 2. The molecule has 0 radical (unpaired) electrons. The van der Waals surface area contributed by atoms with Crippen molar-refractivity contribution in [2.45, 2.75) is 49.3 Å². The summed E-state index contributed by atoms with van der Waals surface area (Å²) in [6.07, 6.45) is 6.14. The van der Waals surface area contributed by atoms with Gasteiger partial charge in [-0.1, -0.05) is 51.0 Å². The number of carbonyl (C=O) groups is 2. The monoisotopic (exact) mass is 798 g/mol. The fraction of sp³-hybridized carbons (Fsp3) is 0.200. The minimum atomic E-state index is -4.37. The number of hydrazone groups is 2. The van der Waals surface area contributed by atoms with Crippen molar-refractivity contribution in [3.63, 3.8) is 0 Å². The summed E-state index contributed by atoms with van der Waals surface area (Å²) < 4.78 is 75.9. The average molecular weight is 799 g/mol. The lowest BCUT2D eigenvalue weighted by atomic mass is 10.0. The molecule has 290 valence electrons. The van der Waals surface area contributed by atoms with E-state index >= 15 is 0 Å². The summed E-state index contributed by atoms with van der Waals surface area (Å²) >= 11 is 0. The van der Waals surface area contributed by atoms with E-state index in [1.807, 2.05) is 38.1 Å². The topological polar surface area (TPSA) is 193 Å². The van der Waals surface area contributed by atoms with Crippen molar-refractivity contribution < 1.29 is 45.0 Å². The SMILES string of the molecule is CCCC1=NN(c2ccc(S(=O)(=O)O)cc2)C(=O)/C1=C/c1ccc(OCCOc2ccc(/C=C3/C(=O)N(c4ccc(S(=O)(=O)O)cc4)N=C3CCC)cc2)cc1. The Balaban J connectivity index is 1.03. The van der Waals surface area contributed by atoms with E-state index in [1.54, 1.807) is 36.4 Å². The molecule has 2 aliphatic heterocycles. The van der Waals surface area contributed by atoms with Gasteiger partial charge in [0.25, 0.3) is 32.1 Å². The second kappa shape index (κ2) is 16.8. The maximum atomic E-state index is 13.4. The van der Waals surface area contributed by atoms with E-state index in [9.17, 15) is 35.5 Å². The van der Waals surface area contributed by atoms with E-state index in [0.29, 0.717) is 58.3 Å². The first-order valence-electron chi connectivity index (χ1n) is 17.6. The minimum Gasteiger partial charge on any atom is -0.490 e. The van der Waals surface area contributed by atoms with Crippen LogP contribution in [-0.4, -0.2) is 62.4 Å². The Kier molecular flexibility index (Phi) is 11.9. The van der Waals surface area contributed by atoms with Gasteiger partial charge in [-0.2, -0.15) is 37.1 Å². The van der Waals surface area contributed by atoms with Gasteiger partial charge in [-0.25, -0.2) is 0 Å². The van der Waals surface area contributed by atoms with E-state index < -0.39 is 20.2 Å². The van der Waals surface area contributed by atoms with Gasteiger partial charge in [0.05, 0.1) is 43.7 Å². The third-order valence-corrected chi connectivity index (χ3v) is 10.4. The Bertz CT molecular complexity index is 2280. The predicted molar refractivity (Wildman–Crippen MR) is 212 cm³/mol. The predicted octanol–water partition coefficient (Wildman–Crippen LogP) is 6.81. The van der Waals surface area contributed by atoms with E-state index in [4.69, 9.17) is 9.47 Å². The summed E-state index contributed by atoms with van der Waals surface area (Å²) in [6.45, 7) is 4.48. The van der Waals surface area contributed by atoms with Crippen molar-refractivity contribution in [1.82, 2.24) is 0 Å². The normalized spacial score (nSPS) is 16.1. The maximum absolute atomic E-state index is 13.4. The smallest absolute Gasteiger partial charge is 0.294 e. The maximum Gasteiger partial charge on any atom is 0.294 e. The van der Waals surface area contributed by atoms with Gasteiger partial charge in [-0.15, -0.1) is 0 Å². The number of benzene rings is 4. The van der Waals surface area contributed by atoms with Crippen LogP contribution < -0.4 is 19.5 Å². The number of rotatable bonds is 15. The van der Waals surface area contributed by atoms with Crippen LogP contribution in [0.2, 0.25) is 0 Å². The molecule has 0 bridgehead atoms. The molecule has 0 atom stereocenters. The second-order valence-corrected chi connectivity index (χ2v) is 15.6. The molecule has 0 saturated heterocycles. The minimum absolute atomic E-state index is 0.260. The summed E-state index contributed by atoms with van der Waals surface area (Å²) in [6, 6.07) is 24.9. The lowest BCUT2D eigenvalue weighted by Crippen LogP contribution is -2.21. The lowest BCUT2D eigenvalue weighted by Gasteiger charge is -2.12. The summed E-state index contributed by atoms with van der Waals surface area (Å²) in [7, 11) is -8.74. The van der Waals surface area contributed by atoms with Gasteiger partial charge in [0.1, 0.15) is 24.7 Å². The molecular formula is C40H38N4O10S2. The molecule has 2 heterocycles. The summed E-state index contributed by atoms with van der Waals surface area (Å²) in [5.41, 5.74) is 4.32. The van der Waals surface area contributed by atoms with Crippen molar-refractivity contribution in [3.8, 4) is 11.5 Å². The first kappa shape index (κ1) is 39.7. The van der Waals surface area contributed by atoms with Crippen LogP contribution in [0.3, 0.4) is 0 Å².